The third-order valence-electron chi connectivity index (χ3n) is 4.73. The van der Waals surface area contributed by atoms with Gasteiger partial charge in [0.2, 0.25) is 18.6 Å². The molecular weight excluding hydrogens is 378 g/mol. The Morgan fingerprint density at radius 3 is 2.64 bits per heavy atom. The largest absolute Gasteiger partial charge is 0.454 e. The van der Waals surface area contributed by atoms with Gasteiger partial charge in [0.1, 0.15) is 5.01 Å². The lowest BCUT2D eigenvalue weighted by Crippen LogP contribution is -2.50. The molecule has 3 heterocycles. The molecule has 0 N–H and O–H groups in total. The molecule has 2 aromatic rings. The number of nitrogens with zero attached hydrogens (tertiary/aromatic N) is 3. The van der Waals surface area contributed by atoms with Gasteiger partial charge in [-0.2, -0.15) is 0 Å². The van der Waals surface area contributed by atoms with E-state index >= 15 is 0 Å². The molecule has 7 nitrogen and oxygen atoms in total. The van der Waals surface area contributed by atoms with Gasteiger partial charge in [-0.1, -0.05) is 6.07 Å². The number of fused-ring (bicyclic) bond motifs is 1. The molecule has 1 fully saturated rings. The van der Waals surface area contributed by atoms with E-state index in [1.807, 2.05) is 35.4 Å². The van der Waals surface area contributed by atoms with Gasteiger partial charge in [0.25, 0.3) is 0 Å². The van der Waals surface area contributed by atoms with E-state index in [1.165, 1.54) is 11.3 Å². The minimum absolute atomic E-state index is 0.0553. The van der Waals surface area contributed by atoms with E-state index in [1.54, 1.807) is 17.1 Å². The number of benzene rings is 1. The van der Waals surface area contributed by atoms with Gasteiger partial charge in [-0.05, 0) is 30.7 Å². The Hall–Kier alpha value is -2.87. The highest BCUT2D eigenvalue weighted by molar-refractivity contribution is 7.09. The fourth-order valence-corrected chi connectivity index (χ4v) is 3.95. The van der Waals surface area contributed by atoms with Crippen LogP contribution in [0.2, 0.25) is 0 Å². The molecule has 0 spiro atoms. The zero-order valence-electron chi connectivity index (χ0n) is 15.6. The summed E-state index contributed by atoms with van der Waals surface area (Å²) in [6, 6.07) is 5.57. The van der Waals surface area contributed by atoms with Crippen LogP contribution in [0.25, 0.3) is 6.08 Å². The maximum Gasteiger partial charge on any atom is 0.246 e. The number of carbonyl (C=O) groups is 2. The molecular formula is C20H21N3O4S. The van der Waals surface area contributed by atoms with Gasteiger partial charge in [-0.25, -0.2) is 4.98 Å². The van der Waals surface area contributed by atoms with Gasteiger partial charge in [-0.3, -0.25) is 9.59 Å². The molecule has 0 saturated carbocycles. The molecule has 0 atom stereocenters. The van der Waals surface area contributed by atoms with E-state index in [-0.39, 0.29) is 18.6 Å². The first-order valence-corrected chi connectivity index (χ1v) is 10.0. The van der Waals surface area contributed by atoms with Gasteiger partial charge in [0, 0.05) is 43.3 Å². The van der Waals surface area contributed by atoms with Crippen molar-refractivity contribution in [3.8, 4) is 11.5 Å². The van der Waals surface area contributed by atoms with Crippen LogP contribution >= 0.6 is 11.3 Å². The Morgan fingerprint density at radius 1 is 1.14 bits per heavy atom. The van der Waals surface area contributed by atoms with Crippen LogP contribution in [0, 0.1) is 6.92 Å². The maximum atomic E-state index is 12.4. The fraction of sp³-hybridized carbons (Fsp3) is 0.350. The van der Waals surface area contributed by atoms with Crippen LogP contribution < -0.4 is 9.47 Å². The Kier molecular flexibility index (Phi) is 5.29. The maximum absolute atomic E-state index is 12.4. The Balaban J connectivity index is 1.28. The first-order chi connectivity index (χ1) is 13.6. The number of hydrogen-bond donors (Lipinski definition) is 0. The molecule has 8 heteroatoms. The summed E-state index contributed by atoms with van der Waals surface area (Å²) in [5, 5.41) is 2.79. The van der Waals surface area contributed by atoms with Gasteiger partial charge < -0.3 is 19.3 Å². The van der Waals surface area contributed by atoms with Gasteiger partial charge >= 0.3 is 0 Å². The lowest BCUT2D eigenvalue weighted by atomic mass is 10.2. The molecule has 146 valence electrons. The van der Waals surface area contributed by atoms with Gasteiger partial charge in [0.05, 0.1) is 6.42 Å². The number of ether oxygens (including phenoxy) is 2. The molecule has 2 aliphatic rings. The lowest BCUT2D eigenvalue weighted by Gasteiger charge is -2.34. The van der Waals surface area contributed by atoms with E-state index in [2.05, 4.69) is 4.98 Å². The summed E-state index contributed by atoms with van der Waals surface area (Å²) in [7, 11) is 0. The van der Waals surface area contributed by atoms with Crippen LogP contribution in [-0.4, -0.2) is 59.6 Å². The van der Waals surface area contributed by atoms with Crippen molar-refractivity contribution < 1.29 is 19.1 Å². The van der Waals surface area contributed by atoms with Crippen LogP contribution in [0.5, 0.6) is 11.5 Å². The predicted molar refractivity (Wildman–Crippen MR) is 105 cm³/mol. The molecule has 0 unspecified atom stereocenters. The third-order valence-corrected chi connectivity index (χ3v) is 5.69. The second kappa shape index (κ2) is 8.02. The van der Waals surface area contributed by atoms with E-state index in [0.717, 1.165) is 22.0 Å². The molecule has 1 saturated heterocycles. The Morgan fingerprint density at radius 2 is 1.89 bits per heavy atom. The third kappa shape index (κ3) is 4.17. The summed E-state index contributed by atoms with van der Waals surface area (Å²) in [5.41, 5.74) is 1.82. The van der Waals surface area contributed by atoms with Gasteiger partial charge in [-0.15, -0.1) is 11.3 Å². The number of thiazole rings is 1. The number of hydrogen-bond acceptors (Lipinski definition) is 6. The summed E-state index contributed by atoms with van der Waals surface area (Å²) >= 11 is 1.51. The van der Waals surface area contributed by atoms with E-state index in [4.69, 9.17) is 9.47 Å². The topological polar surface area (TPSA) is 72.0 Å². The first kappa shape index (κ1) is 18.5. The highest BCUT2D eigenvalue weighted by atomic mass is 32.1. The summed E-state index contributed by atoms with van der Waals surface area (Å²) < 4.78 is 10.6. The number of aromatic nitrogens is 1. The van der Waals surface area contributed by atoms with Crippen molar-refractivity contribution >= 4 is 29.2 Å². The quantitative estimate of drug-likeness (QED) is 0.737. The highest BCUT2D eigenvalue weighted by Gasteiger charge is 2.23. The average Bonchev–Trinajstić information content (AvgIpc) is 3.34. The van der Waals surface area contributed by atoms with E-state index in [0.29, 0.717) is 38.3 Å². The van der Waals surface area contributed by atoms with Gasteiger partial charge in [0.15, 0.2) is 11.5 Å². The minimum Gasteiger partial charge on any atom is -0.454 e. The lowest BCUT2D eigenvalue weighted by molar-refractivity contribution is -0.136. The summed E-state index contributed by atoms with van der Waals surface area (Å²) in [5.74, 6) is 1.42. The zero-order valence-corrected chi connectivity index (χ0v) is 16.4. The standard InChI is InChI=1S/C20H21N3O4S/c1-14-12-28-18(21-14)11-20(25)23-8-6-22(7-9-23)19(24)5-3-15-2-4-16-17(10-15)27-13-26-16/h2-5,10,12H,6-9,11,13H2,1H3. The summed E-state index contributed by atoms with van der Waals surface area (Å²) in [6.45, 7) is 4.32. The molecule has 4 rings (SSSR count). The molecule has 0 aliphatic carbocycles. The first-order valence-electron chi connectivity index (χ1n) is 9.14. The SMILES string of the molecule is Cc1csc(CC(=O)N2CCN(C(=O)C=Cc3ccc4c(c3)OCO4)CC2)n1. The molecule has 1 aromatic carbocycles. The average molecular weight is 399 g/mol. The van der Waals surface area contributed by atoms with Crippen LogP contribution in [0.4, 0.5) is 0 Å². The van der Waals surface area contributed by atoms with Crippen molar-refractivity contribution in [3.05, 3.63) is 45.9 Å². The number of rotatable bonds is 4. The monoisotopic (exact) mass is 399 g/mol. The van der Waals surface area contributed by atoms with Crippen molar-refractivity contribution in [2.75, 3.05) is 33.0 Å². The molecule has 2 aliphatic heterocycles. The molecule has 28 heavy (non-hydrogen) atoms. The summed E-state index contributed by atoms with van der Waals surface area (Å²) in [4.78, 5) is 32.8. The molecule has 1 aromatic heterocycles. The minimum atomic E-state index is -0.0553. The number of piperazine rings is 1. The van der Waals surface area contributed by atoms with Crippen LogP contribution in [0.15, 0.2) is 29.7 Å². The fourth-order valence-electron chi connectivity index (χ4n) is 3.19. The number of aryl methyl sites for hydroxylation is 1. The molecule has 0 radical (unpaired) electrons. The van der Waals surface area contributed by atoms with Crippen molar-refractivity contribution in [1.82, 2.24) is 14.8 Å². The van der Waals surface area contributed by atoms with Crippen LogP contribution in [0.3, 0.4) is 0 Å². The van der Waals surface area contributed by atoms with E-state index in [9.17, 15) is 9.59 Å². The normalized spacial score (nSPS) is 16.0. The van der Waals surface area contributed by atoms with E-state index < -0.39 is 0 Å². The second-order valence-corrected chi connectivity index (χ2v) is 7.65. The second-order valence-electron chi connectivity index (χ2n) is 6.71. The Bertz CT molecular complexity index is 916. The van der Waals surface area contributed by atoms with Crippen molar-refractivity contribution in [1.29, 1.82) is 0 Å². The van der Waals surface area contributed by atoms with Crippen LogP contribution in [-0.2, 0) is 16.0 Å². The van der Waals surface area contributed by atoms with Crippen molar-refractivity contribution in [2.45, 2.75) is 13.3 Å². The Labute approximate surface area is 167 Å². The molecule has 2 amide bonds. The van der Waals surface area contributed by atoms with Crippen LogP contribution in [0.1, 0.15) is 16.3 Å². The van der Waals surface area contributed by atoms with Crippen molar-refractivity contribution in [2.24, 2.45) is 0 Å². The molecule has 0 bridgehead atoms. The highest BCUT2D eigenvalue weighted by Crippen LogP contribution is 2.32. The zero-order chi connectivity index (χ0) is 19.5. The van der Waals surface area contributed by atoms with Crippen molar-refractivity contribution in [3.63, 3.8) is 0 Å². The number of amides is 2. The smallest absolute Gasteiger partial charge is 0.246 e. The number of carbonyl (C=O) groups excluding carboxylic acids is 2. The summed E-state index contributed by atoms with van der Waals surface area (Å²) in [6.07, 6.45) is 3.66. The predicted octanol–water partition coefficient (Wildman–Crippen LogP) is 2.11.